The summed E-state index contributed by atoms with van der Waals surface area (Å²) in [5, 5.41) is 15.4. The quantitative estimate of drug-likeness (QED) is 0.253. The van der Waals surface area contributed by atoms with Gasteiger partial charge in [-0.25, -0.2) is 9.67 Å². The fourth-order valence-electron chi connectivity index (χ4n) is 3.92. The summed E-state index contributed by atoms with van der Waals surface area (Å²) in [4.78, 5) is 43.5. The van der Waals surface area contributed by atoms with Crippen molar-refractivity contribution >= 4 is 28.5 Å². The lowest BCUT2D eigenvalue weighted by Gasteiger charge is -2.27. The second-order valence-electron chi connectivity index (χ2n) is 7.51. The smallest absolute Gasteiger partial charge is 0.293 e. The number of Topliss-reactive ketones (excluding diaryl/α,β-unsaturated/α-hetero) is 1. The van der Waals surface area contributed by atoms with Gasteiger partial charge in [-0.1, -0.05) is 18.1 Å². The highest BCUT2D eigenvalue weighted by molar-refractivity contribution is 5.99. The van der Waals surface area contributed by atoms with Crippen LogP contribution in [0, 0.1) is 22.0 Å². The highest BCUT2D eigenvalue weighted by Gasteiger charge is 2.24. The molecule has 1 aliphatic rings. The molecule has 0 aliphatic carbocycles. The van der Waals surface area contributed by atoms with Crippen LogP contribution in [0.2, 0.25) is 0 Å². The summed E-state index contributed by atoms with van der Waals surface area (Å²) >= 11 is 0. The summed E-state index contributed by atoms with van der Waals surface area (Å²) < 4.78 is 2.80. The average molecular weight is 434 g/mol. The number of rotatable bonds is 6. The number of carbonyl (C=O) groups excluding carboxylic acids is 1. The van der Waals surface area contributed by atoms with Crippen LogP contribution in [-0.4, -0.2) is 43.1 Å². The third kappa shape index (κ3) is 3.97. The zero-order chi connectivity index (χ0) is 22.7. The second-order valence-corrected chi connectivity index (χ2v) is 7.51. The lowest BCUT2D eigenvalue weighted by molar-refractivity contribution is -0.385. The minimum absolute atomic E-state index is 0.0642. The Kier molecular flexibility index (Phi) is 5.98. The number of nitro groups is 1. The summed E-state index contributed by atoms with van der Waals surface area (Å²) in [6.45, 7) is 3.30. The summed E-state index contributed by atoms with van der Waals surface area (Å²) in [5.41, 5.74) is -0.0995. The van der Waals surface area contributed by atoms with Crippen molar-refractivity contribution in [2.75, 3.05) is 18.0 Å². The Balaban J connectivity index is 1.76. The molecule has 32 heavy (non-hydrogen) atoms. The van der Waals surface area contributed by atoms with Gasteiger partial charge >= 0.3 is 0 Å². The molecule has 2 aromatic heterocycles. The Morgan fingerprint density at radius 3 is 2.69 bits per heavy atom. The first-order valence-electron chi connectivity index (χ1n) is 10.4. The van der Waals surface area contributed by atoms with E-state index in [1.54, 1.807) is 17.6 Å². The van der Waals surface area contributed by atoms with Crippen molar-refractivity contribution in [1.29, 1.82) is 0 Å². The van der Waals surface area contributed by atoms with E-state index in [0.29, 0.717) is 17.0 Å². The monoisotopic (exact) mass is 434 g/mol. The number of fused-ring (bicyclic) bond motifs is 1. The van der Waals surface area contributed by atoms with Crippen molar-refractivity contribution in [2.45, 2.75) is 39.3 Å². The van der Waals surface area contributed by atoms with Crippen molar-refractivity contribution in [1.82, 2.24) is 19.3 Å². The van der Waals surface area contributed by atoms with E-state index in [1.807, 2.05) is 0 Å². The van der Waals surface area contributed by atoms with Crippen molar-refractivity contribution < 1.29 is 9.72 Å². The summed E-state index contributed by atoms with van der Waals surface area (Å²) in [6, 6.07) is 5.67. The minimum atomic E-state index is -0.615. The molecule has 0 amide bonds. The van der Waals surface area contributed by atoms with Crippen LogP contribution in [0.25, 0.3) is 11.0 Å². The molecule has 1 saturated heterocycles. The van der Waals surface area contributed by atoms with Gasteiger partial charge in [-0.05, 0) is 32.3 Å². The molecule has 0 N–H and O–H groups in total. The van der Waals surface area contributed by atoms with Gasteiger partial charge in [-0.3, -0.25) is 24.3 Å². The van der Waals surface area contributed by atoms with Gasteiger partial charge in [0.15, 0.2) is 5.78 Å². The molecule has 0 saturated carbocycles. The fraction of sp³-hybridized carbons (Fsp3) is 0.364. The molecule has 10 nitrogen and oxygen atoms in total. The fourth-order valence-corrected chi connectivity index (χ4v) is 3.92. The highest BCUT2D eigenvalue weighted by Crippen LogP contribution is 2.23. The summed E-state index contributed by atoms with van der Waals surface area (Å²) in [7, 11) is 0. The second kappa shape index (κ2) is 9.01. The van der Waals surface area contributed by atoms with E-state index < -0.39 is 22.8 Å². The standard InChI is InChI=1S/C22H22N6O4/c1-2-3-13-26-20-17(24-22(26)25-11-7-4-8-12-25)14-23-27(21(20)30)15-19(29)16-9-5-6-10-18(16)28(31)32/h5-6,9-10,14H,4,7-8,11-13,15H2,1H3. The molecule has 0 bridgehead atoms. The van der Waals surface area contributed by atoms with Gasteiger partial charge in [0.25, 0.3) is 11.2 Å². The molecule has 0 unspecified atom stereocenters. The molecule has 0 radical (unpaired) electrons. The number of piperidine rings is 1. The third-order valence-corrected chi connectivity index (χ3v) is 5.48. The number of aromatic nitrogens is 4. The molecule has 0 atom stereocenters. The Bertz CT molecular complexity index is 1310. The van der Waals surface area contributed by atoms with Gasteiger partial charge in [0.1, 0.15) is 17.6 Å². The Morgan fingerprint density at radius 1 is 1.22 bits per heavy atom. The van der Waals surface area contributed by atoms with Crippen LogP contribution < -0.4 is 10.5 Å². The van der Waals surface area contributed by atoms with E-state index in [9.17, 15) is 19.7 Å². The van der Waals surface area contributed by atoms with E-state index in [1.165, 1.54) is 24.4 Å². The average Bonchev–Trinajstić information content (AvgIpc) is 3.19. The molecule has 10 heteroatoms. The maximum Gasteiger partial charge on any atom is 0.293 e. The molecular formula is C22H22N6O4. The van der Waals surface area contributed by atoms with E-state index in [2.05, 4.69) is 26.8 Å². The molecule has 0 spiro atoms. The van der Waals surface area contributed by atoms with Crippen molar-refractivity contribution in [3.8, 4) is 11.8 Å². The number of anilines is 1. The van der Waals surface area contributed by atoms with Crippen LogP contribution in [0.15, 0.2) is 35.3 Å². The van der Waals surface area contributed by atoms with Gasteiger partial charge in [0.2, 0.25) is 5.95 Å². The van der Waals surface area contributed by atoms with Gasteiger partial charge in [-0.2, -0.15) is 5.10 Å². The number of hydrogen-bond acceptors (Lipinski definition) is 7. The van der Waals surface area contributed by atoms with Crippen molar-refractivity contribution in [3.63, 3.8) is 0 Å². The van der Waals surface area contributed by atoms with Crippen LogP contribution in [-0.2, 0) is 13.1 Å². The summed E-state index contributed by atoms with van der Waals surface area (Å²) in [6.07, 6.45) is 4.71. The summed E-state index contributed by atoms with van der Waals surface area (Å²) in [5.74, 6) is 5.94. The normalized spacial score (nSPS) is 13.6. The zero-order valence-corrected chi connectivity index (χ0v) is 17.7. The Labute approximate surface area is 183 Å². The van der Waals surface area contributed by atoms with Crippen LogP contribution in [0.3, 0.4) is 0 Å². The number of imidazole rings is 1. The molecule has 164 valence electrons. The zero-order valence-electron chi connectivity index (χ0n) is 17.7. The van der Waals surface area contributed by atoms with E-state index in [-0.39, 0.29) is 17.8 Å². The molecule has 3 aromatic rings. The van der Waals surface area contributed by atoms with Crippen LogP contribution in [0.5, 0.6) is 0 Å². The van der Waals surface area contributed by atoms with Gasteiger partial charge in [0.05, 0.1) is 23.2 Å². The maximum atomic E-state index is 13.3. The molecule has 1 fully saturated rings. The molecule has 1 aromatic carbocycles. The predicted molar refractivity (Wildman–Crippen MR) is 119 cm³/mol. The van der Waals surface area contributed by atoms with Crippen LogP contribution in [0.4, 0.5) is 11.6 Å². The first-order valence-corrected chi connectivity index (χ1v) is 10.4. The Hall–Kier alpha value is -4.00. The maximum absolute atomic E-state index is 13.3. The number of nitrogens with zero attached hydrogens (tertiary/aromatic N) is 6. The van der Waals surface area contributed by atoms with Gasteiger partial charge < -0.3 is 4.90 Å². The predicted octanol–water partition coefficient (Wildman–Crippen LogP) is 2.40. The third-order valence-electron chi connectivity index (χ3n) is 5.48. The molecule has 1 aliphatic heterocycles. The highest BCUT2D eigenvalue weighted by atomic mass is 16.6. The SMILES string of the molecule is CC#CCn1c(N2CCCCC2)nc2cnn(CC(=O)c3ccccc3[N+](=O)[O-])c(=O)c21. The number of nitro benzene ring substituents is 1. The molecular weight excluding hydrogens is 412 g/mol. The number of hydrogen-bond donors (Lipinski definition) is 0. The number of benzene rings is 1. The van der Waals surface area contributed by atoms with E-state index in [4.69, 9.17) is 0 Å². The van der Waals surface area contributed by atoms with Crippen molar-refractivity contribution in [2.24, 2.45) is 0 Å². The number of carbonyl (C=O) groups is 1. The number of ketones is 1. The van der Waals surface area contributed by atoms with Gasteiger partial charge in [0, 0.05) is 19.2 Å². The molecule has 4 rings (SSSR count). The van der Waals surface area contributed by atoms with E-state index in [0.717, 1.165) is 37.0 Å². The first kappa shape index (κ1) is 21.2. The lowest BCUT2D eigenvalue weighted by Crippen LogP contribution is -2.32. The minimum Gasteiger partial charge on any atom is -0.342 e. The topological polar surface area (TPSA) is 116 Å². The van der Waals surface area contributed by atoms with Gasteiger partial charge in [-0.15, -0.1) is 5.92 Å². The first-order chi connectivity index (χ1) is 15.5. The lowest BCUT2D eigenvalue weighted by atomic mass is 10.1. The number of para-hydroxylation sites is 1. The van der Waals surface area contributed by atoms with Crippen LogP contribution >= 0.6 is 0 Å². The Morgan fingerprint density at radius 2 is 1.97 bits per heavy atom. The van der Waals surface area contributed by atoms with Crippen molar-refractivity contribution in [3.05, 3.63) is 56.5 Å². The van der Waals surface area contributed by atoms with E-state index >= 15 is 0 Å². The van der Waals surface area contributed by atoms with Crippen LogP contribution in [0.1, 0.15) is 36.5 Å². The molecule has 3 heterocycles. The largest absolute Gasteiger partial charge is 0.342 e.